The number of benzene rings is 2. The van der Waals surface area contributed by atoms with Gasteiger partial charge in [-0.05, 0) is 41.7 Å². The Labute approximate surface area is 139 Å². The Morgan fingerprint density at radius 2 is 1.88 bits per heavy atom. The van der Waals surface area contributed by atoms with E-state index in [9.17, 15) is 4.79 Å². The highest BCUT2D eigenvalue weighted by atomic mass is 16.7. The van der Waals surface area contributed by atoms with Gasteiger partial charge >= 0.3 is 6.03 Å². The van der Waals surface area contributed by atoms with Gasteiger partial charge in [0.15, 0.2) is 11.5 Å². The summed E-state index contributed by atoms with van der Waals surface area (Å²) in [7, 11) is 0. The van der Waals surface area contributed by atoms with Crippen LogP contribution in [0.3, 0.4) is 0 Å². The van der Waals surface area contributed by atoms with Gasteiger partial charge in [-0.3, -0.25) is 0 Å². The van der Waals surface area contributed by atoms with Crippen LogP contribution in [0.4, 0.5) is 4.79 Å². The average molecular weight is 320 g/mol. The van der Waals surface area contributed by atoms with Crippen molar-refractivity contribution in [2.45, 2.75) is 18.9 Å². The first-order valence-electron chi connectivity index (χ1n) is 8.08. The largest absolute Gasteiger partial charge is 0.454 e. The van der Waals surface area contributed by atoms with E-state index >= 15 is 0 Å². The molecule has 5 nitrogen and oxygen atoms in total. The van der Waals surface area contributed by atoms with E-state index in [4.69, 9.17) is 9.47 Å². The molecule has 0 saturated carbocycles. The van der Waals surface area contributed by atoms with Crippen LogP contribution in [0.15, 0.2) is 48.0 Å². The number of amides is 2. The highest BCUT2D eigenvalue weighted by molar-refractivity contribution is 5.91. The second-order valence-corrected chi connectivity index (χ2v) is 6.20. The molecule has 0 spiro atoms. The highest BCUT2D eigenvalue weighted by Gasteiger charge is 2.32. The first-order valence-corrected chi connectivity index (χ1v) is 8.08. The maximum Gasteiger partial charge on any atom is 0.319 e. The molecule has 24 heavy (non-hydrogen) atoms. The molecular weight excluding hydrogens is 304 g/mol. The highest BCUT2D eigenvalue weighted by Crippen LogP contribution is 2.41. The molecule has 120 valence electrons. The van der Waals surface area contributed by atoms with Crippen molar-refractivity contribution in [3.63, 3.8) is 0 Å². The summed E-state index contributed by atoms with van der Waals surface area (Å²) in [6.07, 6.45) is 1.90. The van der Waals surface area contributed by atoms with Crippen LogP contribution in [0.5, 0.6) is 11.5 Å². The summed E-state index contributed by atoms with van der Waals surface area (Å²) in [5.74, 6) is 1.49. The van der Waals surface area contributed by atoms with Crippen LogP contribution < -0.4 is 20.1 Å². The van der Waals surface area contributed by atoms with Crippen LogP contribution in [-0.4, -0.2) is 12.8 Å². The molecule has 0 radical (unpaired) electrons. The van der Waals surface area contributed by atoms with E-state index < -0.39 is 0 Å². The predicted molar refractivity (Wildman–Crippen MR) is 88.7 cm³/mol. The maximum atomic E-state index is 12.2. The fraction of sp³-hybridized carbons (Fsp3) is 0.211. The lowest BCUT2D eigenvalue weighted by Gasteiger charge is -2.34. The minimum Gasteiger partial charge on any atom is -0.454 e. The van der Waals surface area contributed by atoms with Crippen LogP contribution in [0.2, 0.25) is 0 Å². The minimum atomic E-state index is -0.173. The van der Waals surface area contributed by atoms with Gasteiger partial charge in [0.25, 0.3) is 0 Å². The zero-order valence-electron chi connectivity index (χ0n) is 13.0. The zero-order chi connectivity index (χ0) is 16.1. The van der Waals surface area contributed by atoms with Crippen LogP contribution >= 0.6 is 0 Å². The maximum absolute atomic E-state index is 12.2. The van der Waals surface area contributed by atoms with Crippen molar-refractivity contribution in [1.82, 2.24) is 10.6 Å². The van der Waals surface area contributed by atoms with Gasteiger partial charge in [-0.15, -0.1) is 0 Å². The van der Waals surface area contributed by atoms with Crippen LogP contribution in [0.25, 0.3) is 5.70 Å². The van der Waals surface area contributed by atoms with Crippen LogP contribution in [0.1, 0.15) is 29.2 Å². The third kappa shape index (κ3) is 1.98. The summed E-state index contributed by atoms with van der Waals surface area (Å²) in [5.41, 5.74) is 5.58. The molecule has 5 heteroatoms. The monoisotopic (exact) mass is 320 g/mol. The van der Waals surface area contributed by atoms with E-state index in [0.29, 0.717) is 0 Å². The molecule has 2 heterocycles. The Morgan fingerprint density at radius 3 is 2.83 bits per heavy atom. The Bertz CT molecular complexity index is 888. The van der Waals surface area contributed by atoms with Crippen molar-refractivity contribution in [2.75, 3.05) is 6.79 Å². The van der Waals surface area contributed by atoms with Gasteiger partial charge in [0, 0.05) is 5.56 Å². The number of hydrogen-bond acceptors (Lipinski definition) is 3. The second kappa shape index (κ2) is 5.03. The van der Waals surface area contributed by atoms with Crippen LogP contribution in [0, 0.1) is 0 Å². The van der Waals surface area contributed by atoms with Crippen molar-refractivity contribution in [3.8, 4) is 11.5 Å². The number of fused-ring (bicyclic) bond motifs is 3. The Hall–Kier alpha value is -2.95. The van der Waals surface area contributed by atoms with Crippen molar-refractivity contribution in [1.29, 1.82) is 0 Å². The quantitative estimate of drug-likeness (QED) is 0.849. The first kappa shape index (κ1) is 13.5. The van der Waals surface area contributed by atoms with E-state index in [1.165, 1.54) is 11.1 Å². The van der Waals surface area contributed by atoms with E-state index in [-0.39, 0.29) is 18.9 Å². The molecule has 0 fully saturated rings. The fourth-order valence-corrected chi connectivity index (χ4v) is 3.73. The molecule has 2 amide bonds. The van der Waals surface area contributed by atoms with Crippen molar-refractivity contribution in [2.24, 2.45) is 0 Å². The van der Waals surface area contributed by atoms with Gasteiger partial charge < -0.3 is 20.1 Å². The fourth-order valence-electron chi connectivity index (χ4n) is 3.73. The molecule has 3 aliphatic rings. The van der Waals surface area contributed by atoms with E-state index in [2.05, 4.69) is 22.8 Å². The standard InChI is InChI=1S/C19H16N2O3/c22-19-20-17(12-6-8-15-16(9-12)24-10-23-15)14-7-5-11-3-1-2-4-13(11)18(14)21-19/h1-4,6,8-9,17H,5,7,10H2,(H2,20,21,22)/t17-/m1/s1. The zero-order valence-corrected chi connectivity index (χ0v) is 13.0. The van der Waals surface area contributed by atoms with Crippen molar-refractivity contribution < 1.29 is 14.3 Å². The number of urea groups is 1. The third-order valence-corrected chi connectivity index (χ3v) is 4.86. The smallest absolute Gasteiger partial charge is 0.319 e. The minimum absolute atomic E-state index is 0.142. The molecule has 1 aliphatic carbocycles. The molecule has 2 aromatic rings. The van der Waals surface area contributed by atoms with Gasteiger partial charge in [-0.1, -0.05) is 30.3 Å². The number of aryl methyl sites for hydroxylation is 1. The van der Waals surface area contributed by atoms with E-state index in [1.807, 2.05) is 30.3 Å². The number of carbonyl (C=O) groups is 1. The SMILES string of the molecule is O=C1NC2=C(CCc3ccccc32)[C@@H](c2ccc3c(c2)OCO3)N1. The molecule has 0 aromatic heterocycles. The van der Waals surface area contributed by atoms with Crippen molar-refractivity contribution >= 4 is 11.7 Å². The molecule has 2 aliphatic heterocycles. The molecule has 0 bridgehead atoms. The second-order valence-electron chi connectivity index (χ2n) is 6.20. The number of rotatable bonds is 1. The van der Waals surface area contributed by atoms with Gasteiger partial charge in [0.1, 0.15) is 0 Å². The number of hydrogen-bond donors (Lipinski definition) is 2. The number of carbonyl (C=O) groups excluding carboxylic acids is 1. The number of ether oxygens (including phenoxy) is 2. The Kier molecular flexibility index (Phi) is 2.82. The van der Waals surface area contributed by atoms with E-state index in [1.54, 1.807) is 0 Å². The molecule has 0 saturated heterocycles. The van der Waals surface area contributed by atoms with Gasteiger partial charge in [0.05, 0.1) is 11.7 Å². The summed E-state index contributed by atoms with van der Waals surface area (Å²) < 4.78 is 10.9. The van der Waals surface area contributed by atoms with E-state index in [0.717, 1.165) is 41.2 Å². The summed E-state index contributed by atoms with van der Waals surface area (Å²) >= 11 is 0. The van der Waals surface area contributed by atoms with Gasteiger partial charge in [-0.25, -0.2) is 4.79 Å². The normalized spacial score (nSPS) is 20.8. The van der Waals surface area contributed by atoms with Gasteiger partial charge in [0.2, 0.25) is 6.79 Å². The summed E-state index contributed by atoms with van der Waals surface area (Å²) in [4.78, 5) is 12.2. The third-order valence-electron chi connectivity index (χ3n) is 4.86. The predicted octanol–water partition coefficient (Wildman–Crippen LogP) is 3.13. The molecule has 2 N–H and O–H groups in total. The molecule has 1 atom stereocenters. The van der Waals surface area contributed by atoms with Crippen molar-refractivity contribution in [3.05, 3.63) is 64.7 Å². The van der Waals surface area contributed by atoms with Gasteiger partial charge in [-0.2, -0.15) is 0 Å². The average Bonchev–Trinajstić information content (AvgIpc) is 3.08. The lowest BCUT2D eigenvalue weighted by molar-refractivity contribution is 0.174. The Balaban J connectivity index is 1.63. The summed E-state index contributed by atoms with van der Waals surface area (Å²) in [5, 5.41) is 6.05. The van der Waals surface area contributed by atoms with Crippen LogP contribution in [-0.2, 0) is 6.42 Å². The lowest BCUT2D eigenvalue weighted by atomic mass is 9.83. The first-order chi connectivity index (χ1) is 11.8. The molecular formula is C19H16N2O3. The number of nitrogens with one attached hydrogen (secondary N) is 2. The summed E-state index contributed by atoms with van der Waals surface area (Å²) in [6, 6.07) is 13.8. The Morgan fingerprint density at radius 1 is 1.00 bits per heavy atom. The molecule has 5 rings (SSSR count). The lowest BCUT2D eigenvalue weighted by Crippen LogP contribution is -2.44. The topological polar surface area (TPSA) is 59.6 Å². The summed E-state index contributed by atoms with van der Waals surface area (Å²) in [6.45, 7) is 0.249. The molecule has 2 aromatic carbocycles. The molecule has 0 unspecified atom stereocenters.